The molecule has 0 aliphatic heterocycles. The normalized spacial score (nSPS) is 11.5. The lowest BCUT2D eigenvalue weighted by Gasteiger charge is -2.05. The first-order chi connectivity index (χ1) is 7.17. The van der Waals surface area contributed by atoms with E-state index in [0.29, 0.717) is 11.4 Å². The van der Waals surface area contributed by atoms with Gasteiger partial charge in [-0.1, -0.05) is 40.8 Å². The summed E-state index contributed by atoms with van der Waals surface area (Å²) in [5.74, 6) is 0. The Balaban J connectivity index is 2.53. The lowest BCUT2D eigenvalue weighted by Crippen LogP contribution is -2.24. The van der Waals surface area contributed by atoms with Crippen molar-refractivity contribution in [3.05, 3.63) is 30.3 Å². The minimum atomic E-state index is -3.29. The van der Waals surface area contributed by atoms with Gasteiger partial charge in [0.05, 0.1) is 4.90 Å². The van der Waals surface area contributed by atoms with E-state index in [9.17, 15) is 8.42 Å². The lowest BCUT2D eigenvalue weighted by molar-refractivity contribution is 0.578. The summed E-state index contributed by atoms with van der Waals surface area (Å²) >= 11 is 2.28. The van der Waals surface area contributed by atoms with Crippen LogP contribution in [0.3, 0.4) is 0 Å². The standard InChI is InChI=1S/C10H14INO2S/c11-8-4-5-9-12-15(13,14)10-6-2-1-3-7-10/h1-3,6-7,12H,4-5,8-9H2. The summed E-state index contributed by atoms with van der Waals surface area (Å²) in [4.78, 5) is 0.333. The molecule has 0 heterocycles. The molecule has 0 aromatic heterocycles. The molecule has 1 aromatic rings. The van der Waals surface area contributed by atoms with Crippen molar-refractivity contribution in [2.45, 2.75) is 17.7 Å². The highest BCUT2D eigenvalue weighted by Gasteiger charge is 2.11. The van der Waals surface area contributed by atoms with E-state index in [4.69, 9.17) is 0 Å². The molecule has 5 heteroatoms. The van der Waals surface area contributed by atoms with E-state index in [-0.39, 0.29) is 0 Å². The molecule has 0 radical (unpaired) electrons. The molecule has 0 saturated heterocycles. The zero-order chi connectivity index (χ0) is 11.1. The third-order valence-corrected chi connectivity index (χ3v) is 4.15. The van der Waals surface area contributed by atoms with Gasteiger partial charge in [-0.25, -0.2) is 13.1 Å². The summed E-state index contributed by atoms with van der Waals surface area (Å²) in [5.41, 5.74) is 0. The van der Waals surface area contributed by atoms with Crippen LogP contribution >= 0.6 is 22.6 Å². The van der Waals surface area contributed by atoms with Crippen LogP contribution in [0.4, 0.5) is 0 Å². The lowest BCUT2D eigenvalue weighted by atomic mass is 10.3. The molecule has 0 atom stereocenters. The Kier molecular flexibility index (Phi) is 5.55. The molecule has 1 aromatic carbocycles. The van der Waals surface area contributed by atoms with Crippen molar-refractivity contribution < 1.29 is 8.42 Å². The van der Waals surface area contributed by atoms with E-state index in [1.165, 1.54) is 0 Å². The number of benzene rings is 1. The van der Waals surface area contributed by atoms with Crippen LogP contribution in [-0.4, -0.2) is 19.4 Å². The quantitative estimate of drug-likeness (QED) is 0.491. The predicted octanol–water partition coefficient (Wildman–Crippen LogP) is 2.18. The number of hydrogen-bond donors (Lipinski definition) is 1. The monoisotopic (exact) mass is 339 g/mol. The molecule has 15 heavy (non-hydrogen) atoms. The average Bonchev–Trinajstić information content (AvgIpc) is 2.26. The first-order valence-corrected chi connectivity index (χ1v) is 7.78. The molecule has 0 aliphatic carbocycles. The van der Waals surface area contributed by atoms with Gasteiger partial charge in [-0.15, -0.1) is 0 Å². The van der Waals surface area contributed by atoms with E-state index in [2.05, 4.69) is 27.3 Å². The van der Waals surface area contributed by atoms with E-state index in [0.717, 1.165) is 17.3 Å². The van der Waals surface area contributed by atoms with Crippen molar-refractivity contribution in [3.8, 4) is 0 Å². The second kappa shape index (κ2) is 6.44. The predicted molar refractivity (Wildman–Crippen MR) is 69.8 cm³/mol. The second-order valence-corrected chi connectivity index (χ2v) is 5.95. The Hall–Kier alpha value is -0.140. The third kappa shape index (κ3) is 4.48. The zero-order valence-electron chi connectivity index (χ0n) is 8.32. The van der Waals surface area contributed by atoms with Gasteiger partial charge in [-0.3, -0.25) is 0 Å². The number of rotatable bonds is 6. The average molecular weight is 339 g/mol. The van der Waals surface area contributed by atoms with Gasteiger partial charge in [0.15, 0.2) is 0 Å². The van der Waals surface area contributed by atoms with Crippen LogP contribution in [0.25, 0.3) is 0 Å². The molecule has 0 saturated carbocycles. The number of halogens is 1. The van der Waals surface area contributed by atoms with Crippen LogP contribution in [0.5, 0.6) is 0 Å². The number of unbranched alkanes of at least 4 members (excludes halogenated alkanes) is 1. The molecule has 0 fully saturated rings. The van der Waals surface area contributed by atoms with Crippen molar-refractivity contribution in [3.63, 3.8) is 0 Å². The Labute approximate surface area is 104 Å². The number of sulfonamides is 1. The largest absolute Gasteiger partial charge is 0.240 e. The number of hydrogen-bond acceptors (Lipinski definition) is 2. The highest BCUT2D eigenvalue weighted by molar-refractivity contribution is 14.1. The van der Waals surface area contributed by atoms with Crippen molar-refractivity contribution in [2.24, 2.45) is 0 Å². The fourth-order valence-electron chi connectivity index (χ4n) is 1.11. The SMILES string of the molecule is O=S(=O)(NCCCCI)c1ccccc1. The molecule has 3 nitrogen and oxygen atoms in total. The first kappa shape index (κ1) is 12.9. The van der Waals surface area contributed by atoms with Crippen LogP contribution < -0.4 is 4.72 Å². The van der Waals surface area contributed by atoms with E-state index < -0.39 is 10.0 Å². The van der Waals surface area contributed by atoms with Crippen LogP contribution in [0, 0.1) is 0 Å². The van der Waals surface area contributed by atoms with Gasteiger partial charge in [0, 0.05) is 6.54 Å². The number of nitrogens with one attached hydrogen (secondary N) is 1. The maximum absolute atomic E-state index is 11.7. The molecule has 0 aliphatic rings. The Morgan fingerprint density at radius 2 is 1.80 bits per heavy atom. The minimum absolute atomic E-state index is 0.333. The smallest absolute Gasteiger partial charge is 0.211 e. The molecule has 1 rings (SSSR count). The minimum Gasteiger partial charge on any atom is -0.211 e. The molecule has 0 unspecified atom stereocenters. The highest BCUT2D eigenvalue weighted by Crippen LogP contribution is 2.07. The highest BCUT2D eigenvalue weighted by atomic mass is 127. The Bertz CT molecular complexity index is 378. The van der Waals surface area contributed by atoms with Crippen LogP contribution in [0.1, 0.15) is 12.8 Å². The molecular formula is C10H14INO2S. The molecule has 0 amide bonds. The van der Waals surface area contributed by atoms with Gasteiger partial charge in [0.2, 0.25) is 10.0 Å². The molecule has 84 valence electrons. The summed E-state index contributed by atoms with van der Waals surface area (Å²) < 4.78 is 27.0. The third-order valence-electron chi connectivity index (χ3n) is 1.91. The molecule has 0 bridgehead atoms. The van der Waals surface area contributed by atoms with E-state index >= 15 is 0 Å². The van der Waals surface area contributed by atoms with Crippen LogP contribution in [-0.2, 0) is 10.0 Å². The van der Waals surface area contributed by atoms with Crippen molar-refractivity contribution in [1.82, 2.24) is 4.72 Å². The summed E-state index contributed by atoms with van der Waals surface area (Å²) in [6, 6.07) is 8.44. The van der Waals surface area contributed by atoms with Crippen LogP contribution in [0.15, 0.2) is 35.2 Å². The zero-order valence-corrected chi connectivity index (χ0v) is 11.3. The Morgan fingerprint density at radius 1 is 1.13 bits per heavy atom. The van der Waals surface area contributed by atoms with Gasteiger partial charge in [0.25, 0.3) is 0 Å². The first-order valence-electron chi connectivity index (χ1n) is 4.77. The summed E-state index contributed by atoms with van der Waals surface area (Å²) in [6.07, 6.45) is 1.92. The van der Waals surface area contributed by atoms with Gasteiger partial charge < -0.3 is 0 Å². The molecule has 0 spiro atoms. The van der Waals surface area contributed by atoms with Gasteiger partial charge in [-0.05, 0) is 29.4 Å². The van der Waals surface area contributed by atoms with Crippen LogP contribution in [0.2, 0.25) is 0 Å². The summed E-state index contributed by atoms with van der Waals surface area (Å²) in [7, 11) is -3.29. The molecule has 1 N–H and O–H groups in total. The summed E-state index contributed by atoms with van der Waals surface area (Å²) in [5, 5.41) is 0. The van der Waals surface area contributed by atoms with Gasteiger partial charge in [-0.2, -0.15) is 0 Å². The maximum atomic E-state index is 11.7. The number of alkyl halides is 1. The van der Waals surface area contributed by atoms with E-state index in [1.807, 2.05) is 0 Å². The van der Waals surface area contributed by atoms with Crippen molar-refractivity contribution in [1.29, 1.82) is 0 Å². The fourth-order valence-corrected chi connectivity index (χ4v) is 2.74. The second-order valence-electron chi connectivity index (χ2n) is 3.11. The maximum Gasteiger partial charge on any atom is 0.240 e. The Morgan fingerprint density at radius 3 is 2.40 bits per heavy atom. The van der Waals surface area contributed by atoms with Gasteiger partial charge >= 0.3 is 0 Å². The molecular weight excluding hydrogens is 325 g/mol. The fraction of sp³-hybridized carbons (Fsp3) is 0.400. The summed E-state index contributed by atoms with van der Waals surface area (Å²) in [6.45, 7) is 0.514. The van der Waals surface area contributed by atoms with Gasteiger partial charge in [0.1, 0.15) is 0 Å². The van der Waals surface area contributed by atoms with E-state index in [1.54, 1.807) is 30.3 Å². The van der Waals surface area contributed by atoms with Crippen molar-refractivity contribution in [2.75, 3.05) is 11.0 Å². The topological polar surface area (TPSA) is 46.2 Å². The van der Waals surface area contributed by atoms with Crippen molar-refractivity contribution >= 4 is 32.6 Å².